The summed E-state index contributed by atoms with van der Waals surface area (Å²) in [6.45, 7) is 9.01. The quantitative estimate of drug-likeness (QED) is 0.840. The molecule has 1 aromatic rings. The molecule has 2 aliphatic heterocycles. The molecule has 0 radical (unpaired) electrons. The highest BCUT2D eigenvalue weighted by atomic mass is 16.5. The molecular weight excluding hydrogens is 292 g/mol. The molecule has 0 aliphatic carbocycles. The summed E-state index contributed by atoms with van der Waals surface area (Å²) < 4.78 is 7.65. The SMILES string of the molecule is CCc1nccn1C1CCCN(C(=O)C(C)N2CCOCC2)C1. The molecule has 0 N–H and O–H groups in total. The molecule has 23 heavy (non-hydrogen) atoms. The molecule has 0 bridgehead atoms. The number of aryl methyl sites for hydroxylation is 1. The molecule has 0 saturated carbocycles. The largest absolute Gasteiger partial charge is 0.379 e. The van der Waals surface area contributed by atoms with E-state index in [1.807, 2.05) is 18.0 Å². The summed E-state index contributed by atoms with van der Waals surface area (Å²) in [5.41, 5.74) is 0. The molecule has 3 heterocycles. The Labute approximate surface area is 138 Å². The lowest BCUT2D eigenvalue weighted by molar-refractivity contribution is -0.139. The third-order valence-corrected chi connectivity index (χ3v) is 5.12. The van der Waals surface area contributed by atoms with Crippen molar-refractivity contribution in [2.24, 2.45) is 0 Å². The van der Waals surface area contributed by atoms with Gasteiger partial charge in [-0.1, -0.05) is 6.92 Å². The van der Waals surface area contributed by atoms with E-state index in [2.05, 4.69) is 27.6 Å². The molecule has 2 saturated heterocycles. The first-order chi connectivity index (χ1) is 11.2. The fourth-order valence-corrected chi connectivity index (χ4v) is 3.72. The average Bonchev–Trinajstić information content (AvgIpc) is 3.10. The number of hydrogen-bond acceptors (Lipinski definition) is 4. The predicted molar refractivity (Wildman–Crippen MR) is 88.3 cm³/mol. The van der Waals surface area contributed by atoms with Crippen LogP contribution in [0, 0.1) is 0 Å². The molecule has 1 aromatic heterocycles. The van der Waals surface area contributed by atoms with Crippen LogP contribution in [-0.2, 0) is 16.0 Å². The Balaban J connectivity index is 1.64. The molecule has 2 atom stereocenters. The molecule has 6 heteroatoms. The van der Waals surface area contributed by atoms with E-state index in [-0.39, 0.29) is 11.9 Å². The highest BCUT2D eigenvalue weighted by Crippen LogP contribution is 2.24. The highest BCUT2D eigenvalue weighted by molar-refractivity contribution is 5.81. The Morgan fingerprint density at radius 3 is 2.91 bits per heavy atom. The summed E-state index contributed by atoms with van der Waals surface area (Å²) in [6, 6.07) is 0.313. The third kappa shape index (κ3) is 3.58. The number of morpholine rings is 1. The van der Waals surface area contributed by atoms with Gasteiger partial charge in [0.2, 0.25) is 5.91 Å². The van der Waals surface area contributed by atoms with Gasteiger partial charge in [-0.3, -0.25) is 9.69 Å². The van der Waals surface area contributed by atoms with Gasteiger partial charge in [-0.25, -0.2) is 4.98 Å². The highest BCUT2D eigenvalue weighted by Gasteiger charge is 2.31. The van der Waals surface area contributed by atoms with Crippen molar-refractivity contribution in [2.75, 3.05) is 39.4 Å². The van der Waals surface area contributed by atoms with Gasteiger partial charge >= 0.3 is 0 Å². The first kappa shape index (κ1) is 16.5. The van der Waals surface area contributed by atoms with Gasteiger partial charge in [0.25, 0.3) is 0 Å². The number of nitrogens with zero attached hydrogens (tertiary/aromatic N) is 4. The number of imidazole rings is 1. The summed E-state index contributed by atoms with van der Waals surface area (Å²) in [5, 5.41) is 0. The summed E-state index contributed by atoms with van der Waals surface area (Å²) in [6.07, 6.45) is 7.05. The van der Waals surface area contributed by atoms with Crippen LogP contribution in [0.15, 0.2) is 12.4 Å². The minimum absolute atomic E-state index is 0.0499. The van der Waals surface area contributed by atoms with Crippen LogP contribution in [0.4, 0.5) is 0 Å². The molecule has 128 valence electrons. The van der Waals surface area contributed by atoms with Gasteiger partial charge < -0.3 is 14.2 Å². The maximum absolute atomic E-state index is 12.9. The van der Waals surface area contributed by atoms with Gasteiger partial charge in [-0.15, -0.1) is 0 Å². The second-order valence-electron chi connectivity index (χ2n) is 6.51. The van der Waals surface area contributed by atoms with E-state index in [0.717, 1.165) is 64.5 Å². The van der Waals surface area contributed by atoms with Gasteiger partial charge in [0.05, 0.1) is 25.3 Å². The standard InChI is InChI=1S/C17H28N4O2/c1-3-16-18-6-8-21(16)15-5-4-7-20(13-15)17(22)14(2)19-9-11-23-12-10-19/h6,8,14-15H,3-5,7,9-13H2,1-2H3. The number of rotatable bonds is 4. The molecule has 0 spiro atoms. The summed E-state index contributed by atoms with van der Waals surface area (Å²) in [4.78, 5) is 21.6. The summed E-state index contributed by atoms with van der Waals surface area (Å²) in [7, 11) is 0. The lowest BCUT2D eigenvalue weighted by atomic mass is 10.0. The number of aromatic nitrogens is 2. The number of carbonyl (C=O) groups is 1. The summed E-state index contributed by atoms with van der Waals surface area (Å²) >= 11 is 0. The number of carbonyl (C=O) groups excluding carboxylic acids is 1. The lowest BCUT2D eigenvalue weighted by Crippen LogP contribution is -2.53. The van der Waals surface area contributed by atoms with E-state index < -0.39 is 0 Å². The van der Waals surface area contributed by atoms with Crippen molar-refractivity contribution in [1.82, 2.24) is 19.4 Å². The van der Waals surface area contributed by atoms with Gasteiger partial charge in [0.1, 0.15) is 5.82 Å². The van der Waals surface area contributed by atoms with Crippen molar-refractivity contribution in [2.45, 2.75) is 45.2 Å². The molecule has 3 rings (SSSR count). The minimum Gasteiger partial charge on any atom is -0.379 e. The normalized spacial score (nSPS) is 24.6. The van der Waals surface area contributed by atoms with Crippen molar-refractivity contribution in [3.8, 4) is 0 Å². The van der Waals surface area contributed by atoms with Crippen LogP contribution in [0.5, 0.6) is 0 Å². The zero-order chi connectivity index (χ0) is 16.2. The fourth-order valence-electron chi connectivity index (χ4n) is 3.72. The Morgan fingerprint density at radius 2 is 2.17 bits per heavy atom. The topological polar surface area (TPSA) is 50.6 Å². The van der Waals surface area contributed by atoms with Crippen LogP contribution in [0.2, 0.25) is 0 Å². The van der Waals surface area contributed by atoms with Crippen LogP contribution >= 0.6 is 0 Å². The van der Waals surface area contributed by atoms with E-state index in [4.69, 9.17) is 4.74 Å². The molecule has 2 aliphatic rings. The molecule has 0 aromatic carbocycles. The Kier molecular flexibility index (Phi) is 5.33. The fraction of sp³-hybridized carbons (Fsp3) is 0.765. The second-order valence-corrected chi connectivity index (χ2v) is 6.51. The zero-order valence-corrected chi connectivity index (χ0v) is 14.3. The van der Waals surface area contributed by atoms with Gasteiger partial charge in [0, 0.05) is 45.0 Å². The van der Waals surface area contributed by atoms with E-state index in [0.29, 0.717) is 6.04 Å². The Bertz CT molecular complexity index is 524. The second kappa shape index (κ2) is 7.45. The van der Waals surface area contributed by atoms with E-state index in [9.17, 15) is 4.79 Å². The lowest BCUT2D eigenvalue weighted by Gasteiger charge is -2.38. The minimum atomic E-state index is -0.0499. The van der Waals surface area contributed by atoms with E-state index in [1.165, 1.54) is 0 Å². The molecule has 2 fully saturated rings. The van der Waals surface area contributed by atoms with Crippen LogP contribution in [0.3, 0.4) is 0 Å². The predicted octanol–water partition coefficient (Wildman–Crippen LogP) is 1.33. The Morgan fingerprint density at radius 1 is 1.39 bits per heavy atom. The molecular formula is C17H28N4O2. The zero-order valence-electron chi connectivity index (χ0n) is 14.3. The first-order valence-electron chi connectivity index (χ1n) is 8.83. The number of amides is 1. The number of piperidine rings is 1. The number of ether oxygens (including phenoxy) is 1. The maximum Gasteiger partial charge on any atom is 0.239 e. The molecule has 1 amide bonds. The monoisotopic (exact) mass is 320 g/mol. The van der Waals surface area contributed by atoms with Crippen LogP contribution < -0.4 is 0 Å². The first-order valence-corrected chi connectivity index (χ1v) is 8.83. The van der Waals surface area contributed by atoms with Crippen molar-refractivity contribution in [3.05, 3.63) is 18.2 Å². The smallest absolute Gasteiger partial charge is 0.239 e. The molecule has 6 nitrogen and oxygen atoms in total. The van der Waals surface area contributed by atoms with Gasteiger partial charge in [-0.05, 0) is 19.8 Å². The maximum atomic E-state index is 12.9. The van der Waals surface area contributed by atoms with Crippen molar-refractivity contribution in [3.63, 3.8) is 0 Å². The van der Waals surface area contributed by atoms with Gasteiger partial charge in [0.15, 0.2) is 0 Å². The van der Waals surface area contributed by atoms with E-state index in [1.54, 1.807) is 0 Å². The van der Waals surface area contributed by atoms with Crippen LogP contribution in [0.25, 0.3) is 0 Å². The van der Waals surface area contributed by atoms with Gasteiger partial charge in [-0.2, -0.15) is 0 Å². The average molecular weight is 320 g/mol. The Hall–Kier alpha value is -1.40. The third-order valence-electron chi connectivity index (χ3n) is 5.12. The number of hydrogen-bond donors (Lipinski definition) is 0. The van der Waals surface area contributed by atoms with Crippen molar-refractivity contribution in [1.29, 1.82) is 0 Å². The number of likely N-dealkylation sites (tertiary alicyclic amines) is 1. The van der Waals surface area contributed by atoms with Crippen LogP contribution in [0.1, 0.15) is 38.6 Å². The van der Waals surface area contributed by atoms with Crippen molar-refractivity contribution >= 4 is 5.91 Å². The van der Waals surface area contributed by atoms with Crippen molar-refractivity contribution < 1.29 is 9.53 Å². The van der Waals surface area contributed by atoms with Crippen LogP contribution in [-0.4, -0.2) is 70.7 Å². The van der Waals surface area contributed by atoms with E-state index >= 15 is 0 Å². The molecule has 2 unspecified atom stereocenters. The summed E-state index contributed by atoms with van der Waals surface area (Å²) in [5.74, 6) is 1.38.